The third-order valence-corrected chi connectivity index (χ3v) is 8.66. The molecule has 0 atom stereocenters. The summed E-state index contributed by atoms with van der Waals surface area (Å²) in [6, 6.07) is 9.78. The van der Waals surface area contributed by atoms with Gasteiger partial charge in [0, 0.05) is 15.8 Å². The number of ether oxygens (including phenoxy) is 1. The number of carbonyl (C=O) groups is 2. The lowest BCUT2D eigenvalue weighted by atomic mass is 9.95. The minimum Gasteiger partial charge on any atom is -0.465 e. The molecule has 0 bridgehead atoms. The number of rotatable bonds is 4. The first-order valence-electron chi connectivity index (χ1n) is 11.4. The van der Waals surface area contributed by atoms with Gasteiger partial charge in [-0.25, -0.2) is 9.78 Å². The number of fused-ring (bicyclic) bond motifs is 2. The highest BCUT2D eigenvalue weighted by Gasteiger charge is 2.29. The van der Waals surface area contributed by atoms with E-state index < -0.39 is 11.9 Å². The van der Waals surface area contributed by atoms with Gasteiger partial charge >= 0.3 is 5.97 Å². The number of methoxy groups -OCH3 is 1. The van der Waals surface area contributed by atoms with Gasteiger partial charge in [-0.15, -0.1) is 22.7 Å². The average molecular weight is 518 g/mol. The van der Waals surface area contributed by atoms with Crippen molar-refractivity contribution in [3.8, 4) is 17.2 Å². The van der Waals surface area contributed by atoms with Crippen molar-refractivity contribution in [3.63, 3.8) is 0 Å². The molecular formula is C26H23N5O3S2. The number of hydrogen-bond acceptors (Lipinski definition) is 9. The molecule has 0 unspecified atom stereocenters. The fourth-order valence-corrected chi connectivity index (χ4v) is 6.87. The Hall–Kier alpha value is -3.94. The summed E-state index contributed by atoms with van der Waals surface area (Å²) in [7, 11) is 1.33. The molecular weight excluding hydrogens is 494 g/mol. The Morgan fingerprint density at radius 2 is 1.86 bits per heavy atom. The van der Waals surface area contributed by atoms with Crippen LogP contribution in [-0.2, 0) is 17.6 Å². The number of nitriles is 1. The predicted molar refractivity (Wildman–Crippen MR) is 144 cm³/mol. The minimum atomic E-state index is -0.469. The molecule has 0 fully saturated rings. The minimum absolute atomic E-state index is 0.0766. The summed E-state index contributed by atoms with van der Waals surface area (Å²) in [6.45, 7) is 1.97. The first-order valence-corrected chi connectivity index (χ1v) is 13.0. The molecule has 4 aromatic rings. The summed E-state index contributed by atoms with van der Waals surface area (Å²) < 4.78 is 5.01. The molecule has 8 nitrogen and oxygen atoms in total. The Balaban J connectivity index is 1.63. The molecule has 1 aliphatic carbocycles. The highest BCUT2D eigenvalue weighted by atomic mass is 32.1. The number of benzene rings is 1. The van der Waals surface area contributed by atoms with Gasteiger partial charge in [-0.3, -0.25) is 4.79 Å². The Bertz CT molecular complexity index is 1580. The quantitative estimate of drug-likeness (QED) is 0.312. The van der Waals surface area contributed by atoms with E-state index in [9.17, 15) is 14.9 Å². The Morgan fingerprint density at radius 1 is 1.14 bits per heavy atom. The molecule has 1 aromatic carbocycles. The van der Waals surface area contributed by atoms with Crippen LogP contribution >= 0.6 is 22.7 Å². The predicted octanol–water partition coefficient (Wildman–Crippen LogP) is 5.29. The number of nitrogen functional groups attached to an aromatic ring is 2. The average Bonchev–Trinajstić information content (AvgIpc) is 3.40. The van der Waals surface area contributed by atoms with E-state index in [2.05, 4.69) is 16.4 Å². The number of pyridine rings is 1. The number of amides is 1. The van der Waals surface area contributed by atoms with Crippen molar-refractivity contribution in [1.29, 1.82) is 5.26 Å². The second-order valence-corrected chi connectivity index (χ2v) is 10.7. The van der Waals surface area contributed by atoms with Crippen molar-refractivity contribution in [2.75, 3.05) is 23.9 Å². The normalized spacial score (nSPS) is 12.7. The largest absolute Gasteiger partial charge is 0.465 e. The second-order valence-electron chi connectivity index (χ2n) is 8.61. The van der Waals surface area contributed by atoms with Gasteiger partial charge in [0.1, 0.15) is 32.2 Å². The van der Waals surface area contributed by atoms with Crippen molar-refractivity contribution in [3.05, 3.63) is 56.3 Å². The molecule has 0 saturated carbocycles. The molecule has 10 heteroatoms. The number of carbonyl (C=O) groups excluding carboxylic acids is 2. The SMILES string of the molecule is COC(=O)c1c(NC(=O)c2sc3nc(N)c(C#N)c(-c4ccc(C)cc4)c3c2N)sc2c1CCCC2. The monoisotopic (exact) mass is 517 g/mol. The van der Waals surface area contributed by atoms with Gasteiger partial charge in [0.2, 0.25) is 0 Å². The molecule has 0 saturated heterocycles. The summed E-state index contributed by atoms with van der Waals surface area (Å²) in [5.74, 6) is -0.845. The molecule has 182 valence electrons. The van der Waals surface area contributed by atoms with Crippen LogP contribution in [0.3, 0.4) is 0 Å². The molecule has 0 spiro atoms. The zero-order chi connectivity index (χ0) is 25.6. The van der Waals surface area contributed by atoms with Gasteiger partial charge in [-0.05, 0) is 43.7 Å². The van der Waals surface area contributed by atoms with Gasteiger partial charge in [-0.2, -0.15) is 5.26 Å². The Labute approximate surface area is 215 Å². The number of anilines is 3. The molecule has 5 N–H and O–H groups in total. The molecule has 1 amide bonds. The van der Waals surface area contributed by atoms with E-state index in [4.69, 9.17) is 16.2 Å². The molecule has 36 heavy (non-hydrogen) atoms. The van der Waals surface area contributed by atoms with Crippen LogP contribution in [0.15, 0.2) is 24.3 Å². The fraction of sp³-hybridized carbons (Fsp3) is 0.231. The first-order chi connectivity index (χ1) is 17.3. The number of hydrogen-bond donors (Lipinski definition) is 3. The maximum Gasteiger partial charge on any atom is 0.341 e. The number of esters is 1. The highest BCUT2D eigenvalue weighted by molar-refractivity contribution is 7.21. The zero-order valence-electron chi connectivity index (χ0n) is 19.7. The van der Waals surface area contributed by atoms with Crippen LogP contribution in [0.4, 0.5) is 16.5 Å². The smallest absolute Gasteiger partial charge is 0.341 e. The molecule has 0 radical (unpaired) electrons. The molecule has 0 aliphatic heterocycles. The third-order valence-electron chi connectivity index (χ3n) is 6.35. The van der Waals surface area contributed by atoms with Gasteiger partial charge in [0.05, 0.1) is 18.4 Å². The van der Waals surface area contributed by atoms with Gasteiger partial charge < -0.3 is 21.5 Å². The van der Waals surface area contributed by atoms with E-state index in [-0.39, 0.29) is 21.9 Å². The van der Waals surface area contributed by atoms with Crippen LogP contribution in [0.25, 0.3) is 21.3 Å². The van der Waals surface area contributed by atoms with Crippen LogP contribution in [-0.4, -0.2) is 24.0 Å². The van der Waals surface area contributed by atoms with Crippen molar-refractivity contribution in [2.45, 2.75) is 32.6 Å². The lowest BCUT2D eigenvalue weighted by Crippen LogP contribution is -2.15. The lowest BCUT2D eigenvalue weighted by molar-refractivity contribution is 0.0601. The first kappa shape index (κ1) is 23.8. The van der Waals surface area contributed by atoms with Crippen LogP contribution in [0, 0.1) is 18.3 Å². The summed E-state index contributed by atoms with van der Waals surface area (Å²) >= 11 is 2.51. The number of nitrogens with one attached hydrogen (secondary N) is 1. The molecule has 3 aromatic heterocycles. The van der Waals surface area contributed by atoms with Crippen LogP contribution in [0.1, 0.15) is 54.4 Å². The van der Waals surface area contributed by atoms with Crippen molar-refractivity contribution < 1.29 is 14.3 Å². The molecule has 1 aliphatic rings. The molecule has 3 heterocycles. The van der Waals surface area contributed by atoms with Crippen LogP contribution in [0.2, 0.25) is 0 Å². The van der Waals surface area contributed by atoms with Crippen molar-refractivity contribution >= 4 is 61.3 Å². The Morgan fingerprint density at radius 3 is 2.56 bits per heavy atom. The van der Waals surface area contributed by atoms with E-state index in [1.54, 1.807) is 0 Å². The highest BCUT2D eigenvalue weighted by Crippen LogP contribution is 2.44. The summed E-state index contributed by atoms with van der Waals surface area (Å²) in [5.41, 5.74) is 16.8. The van der Waals surface area contributed by atoms with E-state index in [1.165, 1.54) is 18.4 Å². The maximum absolute atomic E-state index is 13.5. The number of nitrogens with zero attached hydrogens (tertiary/aromatic N) is 2. The fourth-order valence-electron chi connectivity index (χ4n) is 4.59. The summed E-state index contributed by atoms with van der Waals surface area (Å²) in [6.07, 6.45) is 3.67. The van der Waals surface area contributed by atoms with Gasteiger partial charge in [-0.1, -0.05) is 29.8 Å². The topological polar surface area (TPSA) is 144 Å². The lowest BCUT2D eigenvalue weighted by Gasteiger charge is -2.11. The van der Waals surface area contributed by atoms with E-state index in [0.717, 1.165) is 58.6 Å². The van der Waals surface area contributed by atoms with Gasteiger partial charge in [0.15, 0.2) is 0 Å². The van der Waals surface area contributed by atoms with Crippen molar-refractivity contribution in [2.24, 2.45) is 0 Å². The standard InChI is InChI=1S/C26H23N5O3S2/c1-12-7-9-13(10-8-12)17-15(11-27)22(29)30-25-19(17)20(28)21(36-25)23(32)31-24-18(26(33)34-2)14-5-3-4-6-16(14)35-24/h7-10H,3-6,28H2,1-2H3,(H2,29,30)(H,31,32). The zero-order valence-corrected chi connectivity index (χ0v) is 21.4. The summed E-state index contributed by atoms with van der Waals surface area (Å²) in [4.78, 5) is 32.2. The van der Waals surface area contributed by atoms with E-state index in [1.807, 2.05) is 31.2 Å². The maximum atomic E-state index is 13.5. The third kappa shape index (κ3) is 3.86. The summed E-state index contributed by atoms with van der Waals surface area (Å²) in [5, 5.41) is 13.7. The Kier molecular flexibility index (Phi) is 6.12. The van der Waals surface area contributed by atoms with E-state index >= 15 is 0 Å². The molecule has 5 rings (SSSR count). The van der Waals surface area contributed by atoms with Crippen LogP contribution < -0.4 is 16.8 Å². The second kappa shape index (κ2) is 9.26. The van der Waals surface area contributed by atoms with Gasteiger partial charge in [0.25, 0.3) is 5.91 Å². The van der Waals surface area contributed by atoms with E-state index in [0.29, 0.717) is 26.3 Å². The number of aryl methyl sites for hydroxylation is 2. The number of aromatic nitrogens is 1. The number of nitrogens with two attached hydrogens (primary N) is 2. The van der Waals surface area contributed by atoms with Crippen molar-refractivity contribution in [1.82, 2.24) is 4.98 Å². The number of thiophene rings is 2. The van der Waals surface area contributed by atoms with Crippen LogP contribution in [0.5, 0.6) is 0 Å².